The highest BCUT2D eigenvalue weighted by Crippen LogP contribution is 2.37. The maximum absolute atomic E-state index is 13.4. The fourth-order valence-electron chi connectivity index (χ4n) is 1.37. The average molecular weight is 317 g/mol. The third-order valence-electron chi connectivity index (χ3n) is 2.30. The zero-order chi connectivity index (χ0) is 15.0. The minimum Gasteiger partial charge on any atom is -0.274 e. The average Bonchev–Trinajstić information content (AvgIpc) is 2.27. The van der Waals surface area contributed by atoms with Gasteiger partial charge in [-0.1, -0.05) is 5.56 Å². The molecular formula is C11H6Cl2F4O2. The summed E-state index contributed by atoms with van der Waals surface area (Å²) in [7, 11) is 0. The summed E-state index contributed by atoms with van der Waals surface area (Å²) < 4.78 is 53.5. The van der Waals surface area contributed by atoms with Crippen LogP contribution in [0.25, 0.3) is 0 Å². The van der Waals surface area contributed by atoms with Crippen LogP contribution in [0.2, 0.25) is 0 Å². The lowest BCUT2D eigenvalue weighted by atomic mass is 9.99. The third kappa shape index (κ3) is 3.06. The Morgan fingerprint density at radius 3 is 1.47 bits per heavy atom. The van der Waals surface area contributed by atoms with Crippen molar-refractivity contribution in [1.82, 2.24) is 0 Å². The molecule has 0 fully saturated rings. The van der Waals surface area contributed by atoms with Gasteiger partial charge in [-0.3, -0.25) is 9.59 Å². The molecule has 1 aromatic carbocycles. The summed E-state index contributed by atoms with van der Waals surface area (Å²) in [4.78, 5) is 21.2. The first kappa shape index (κ1) is 15.9. The van der Waals surface area contributed by atoms with Crippen molar-refractivity contribution in [3.8, 4) is 0 Å². The second-order valence-corrected chi connectivity index (χ2v) is 4.47. The van der Waals surface area contributed by atoms with Gasteiger partial charge in [-0.2, -0.15) is 17.6 Å². The molecule has 0 aromatic heterocycles. The molecule has 1 rings (SSSR count). The van der Waals surface area contributed by atoms with Crippen molar-refractivity contribution in [3.05, 3.63) is 34.9 Å². The smallest absolute Gasteiger partial charge is 0.274 e. The largest absolute Gasteiger partial charge is 0.345 e. The van der Waals surface area contributed by atoms with E-state index in [1.165, 1.54) is 6.92 Å². The Hall–Kier alpha value is -1.14. The quantitative estimate of drug-likeness (QED) is 0.627. The van der Waals surface area contributed by atoms with E-state index in [0.29, 0.717) is 6.07 Å². The van der Waals surface area contributed by atoms with Crippen molar-refractivity contribution >= 4 is 33.7 Å². The lowest BCUT2D eigenvalue weighted by Gasteiger charge is -2.17. The van der Waals surface area contributed by atoms with Gasteiger partial charge in [0.1, 0.15) is 0 Å². The topological polar surface area (TPSA) is 34.1 Å². The van der Waals surface area contributed by atoms with Crippen LogP contribution in [0.15, 0.2) is 18.2 Å². The molecule has 0 N–H and O–H groups in total. The molecule has 0 spiro atoms. The Balaban J connectivity index is 3.46. The molecule has 0 unspecified atom stereocenters. The van der Waals surface area contributed by atoms with Gasteiger partial charge in [0.05, 0.1) is 0 Å². The minimum atomic E-state index is -4.13. The molecule has 8 heteroatoms. The molecule has 0 aliphatic rings. The van der Waals surface area contributed by atoms with Gasteiger partial charge in [-0.05, 0) is 48.3 Å². The third-order valence-corrected chi connectivity index (χ3v) is 2.77. The maximum atomic E-state index is 13.4. The van der Waals surface area contributed by atoms with Crippen LogP contribution in [0, 0.1) is 6.92 Å². The van der Waals surface area contributed by atoms with Crippen LogP contribution in [0.4, 0.5) is 17.6 Å². The Morgan fingerprint density at radius 2 is 1.21 bits per heavy atom. The summed E-state index contributed by atoms with van der Waals surface area (Å²) in [5.74, 6) is -8.26. The van der Waals surface area contributed by atoms with Gasteiger partial charge >= 0.3 is 11.8 Å². The van der Waals surface area contributed by atoms with Crippen molar-refractivity contribution in [2.24, 2.45) is 0 Å². The predicted octanol–water partition coefficient (Wildman–Crippen LogP) is 3.71. The van der Waals surface area contributed by atoms with Crippen molar-refractivity contribution < 1.29 is 27.2 Å². The number of carbonyl (C=O) groups is 2. The number of carbonyl (C=O) groups excluding carboxylic acids is 2. The lowest BCUT2D eigenvalue weighted by Crippen LogP contribution is -2.25. The molecule has 0 amide bonds. The Labute approximate surface area is 115 Å². The van der Waals surface area contributed by atoms with Gasteiger partial charge in [0.15, 0.2) is 0 Å². The highest BCUT2D eigenvalue weighted by atomic mass is 35.5. The summed E-state index contributed by atoms with van der Waals surface area (Å²) in [6.07, 6.45) is 0. The SMILES string of the molecule is Cc1cc(C(F)(F)C(=O)Cl)cc(C(F)(F)C(=O)Cl)c1. The lowest BCUT2D eigenvalue weighted by molar-refractivity contribution is -0.135. The summed E-state index contributed by atoms with van der Waals surface area (Å²) in [6, 6.07) is 1.96. The standard InChI is InChI=1S/C11H6Cl2F4O2/c1-5-2-6(10(14,15)8(12)18)4-7(3-5)11(16,17)9(13)19/h2-4H,1H3. The van der Waals surface area contributed by atoms with Crippen LogP contribution in [0.3, 0.4) is 0 Å². The minimum absolute atomic E-state index is 0.00248. The van der Waals surface area contributed by atoms with Gasteiger partial charge in [-0.15, -0.1) is 0 Å². The van der Waals surface area contributed by atoms with Gasteiger partial charge in [0.2, 0.25) is 0 Å². The molecule has 104 valence electrons. The van der Waals surface area contributed by atoms with E-state index >= 15 is 0 Å². The van der Waals surface area contributed by atoms with Crippen LogP contribution in [0.1, 0.15) is 16.7 Å². The zero-order valence-electron chi connectivity index (χ0n) is 9.32. The highest BCUT2D eigenvalue weighted by molar-refractivity contribution is 6.65. The van der Waals surface area contributed by atoms with Crippen molar-refractivity contribution in [1.29, 1.82) is 0 Å². The Kier molecular flexibility index (Phi) is 4.27. The van der Waals surface area contributed by atoms with Crippen LogP contribution < -0.4 is 0 Å². The number of halogens is 6. The van der Waals surface area contributed by atoms with Crippen molar-refractivity contribution in [3.63, 3.8) is 0 Å². The number of hydrogen-bond acceptors (Lipinski definition) is 2. The van der Waals surface area contributed by atoms with Crippen LogP contribution in [-0.4, -0.2) is 10.5 Å². The predicted molar refractivity (Wildman–Crippen MR) is 60.7 cm³/mol. The molecule has 0 saturated heterocycles. The van der Waals surface area contributed by atoms with Crippen LogP contribution in [-0.2, 0) is 21.4 Å². The van der Waals surface area contributed by atoms with Crippen molar-refractivity contribution in [2.75, 3.05) is 0 Å². The molecule has 1 aromatic rings. The van der Waals surface area contributed by atoms with Crippen LogP contribution in [0.5, 0.6) is 0 Å². The second-order valence-electron chi connectivity index (χ2n) is 3.78. The van der Waals surface area contributed by atoms with E-state index in [4.69, 9.17) is 23.2 Å². The first-order chi connectivity index (χ1) is 8.49. The molecule has 0 heterocycles. The zero-order valence-corrected chi connectivity index (χ0v) is 10.8. The second kappa shape index (κ2) is 5.09. The Bertz CT molecular complexity index is 499. The summed E-state index contributed by atoms with van der Waals surface area (Å²) in [6.45, 7) is 1.25. The number of alkyl halides is 4. The summed E-state index contributed by atoms with van der Waals surface area (Å²) >= 11 is 9.43. The van der Waals surface area contributed by atoms with E-state index in [9.17, 15) is 27.2 Å². The number of rotatable bonds is 4. The first-order valence-corrected chi connectivity index (χ1v) is 5.53. The first-order valence-electron chi connectivity index (χ1n) is 4.77. The highest BCUT2D eigenvalue weighted by Gasteiger charge is 2.44. The molecule has 2 nitrogen and oxygen atoms in total. The van der Waals surface area contributed by atoms with E-state index in [2.05, 4.69) is 0 Å². The fourth-order valence-corrected chi connectivity index (χ4v) is 1.59. The molecule has 0 bridgehead atoms. The number of benzene rings is 1. The van der Waals surface area contributed by atoms with E-state index < -0.39 is 33.5 Å². The number of hydrogen-bond donors (Lipinski definition) is 0. The Morgan fingerprint density at radius 1 is 0.895 bits per heavy atom. The normalized spacial score (nSPS) is 12.4. The van der Waals surface area contributed by atoms with E-state index in [0.717, 1.165) is 12.1 Å². The van der Waals surface area contributed by atoms with Gasteiger partial charge < -0.3 is 0 Å². The van der Waals surface area contributed by atoms with Crippen LogP contribution >= 0.6 is 23.2 Å². The molecule has 0 radical (unpaired) electrons. The number of aryl methyl sites for hydroxylation is 1. The van der Waals surface area contributed by atoms with E-state index in [1.54, 1.807) is 0 Å². The van der Waals surface area contributed by atoms with E-state index in [-0.39, 0.29) is 5.56 Å². The fraction of sp³-hybridized carbons (Fsp3) is 0.273. The molecular weight excluding hydrogens is 311 g/mol. The molecule has 0 saturated carbocycles. The monoisotopic (exact) mass is 316 g/mol. The molecule has 0 aliphatic heterocycles. The van der Waals surface area contributed by atoms with Crippen molar-refractivity contribution in [2.45, 2.75) is 18.8 Å². The van der Waals surface area contributed by atoms with Gasteiger partial charge in [0.25, 0.3) is 10.5 Å². The summed E-state index contributed by atoms with van der Waals surface area (Å²) in [5.41, 5.74) is -2.05. The molecule has 0 atom stereocenters. The summed E-state index contributed by atoms with van der Waals surface area (Å²) in [5, 5.41) is -4.02. The maximum Gasteiger partial charge on any atom is 0.345 e. The molecule has 19 heavy (non-hydrogen) atoms. The van der Waals surface area contributed by atoms with Gasteiger partial charge in [0, 0.05) is 11.1 Å². The van der Waals surface area contributed by atoms with Gasteiger partial charge in [-0.25, -0.2) is 0 Å². The van der Waals surface area contributed by atoms with E-state index in [1.807, 2.05) is 0 Å². The molecule has 0 aliphatic carbocycles.